The third-order valence-corrected chi connectivity index (χ3v) is 4.26. The van der Waals surface area contributed by atoms with Gasteiger partial charge < -0.3 is 15.0 Å². The molecule has 2 heterocycles. The number of aromatic nitrogens is 1. The average molecular weight is 241 g/mol. The van der Waals surface area contributed by atoms with E-state index in [2.05, 4.69) is 10.3 Å². The lowest BCUT2D eigenvalue weighted by Gasteiger charge is -2.21. The molecule has 1 aliphatic rings. The van der Waals surface area contributed by atoms with Crippen molar-refractivity contribution in [1.82, 2.24) is 10.3 Å². The third kappa shape index (κ3) is 2.30. The molecule has 0 amide bonds. The van der Waals surface area contributed by atoms with E-state index in [1.54, 1.807) is 18.4 Å². The number of piperidine rings is 1. The Hall–Kier alpha value is -0.810. The van der Waals surface area contributed by atoms with Gasteiger partial charge in [0.25, 0.3) is 0 Å². The molecule has 0 radical (unpaired) electrons. The maximum Gasteiger partial charge on any atom is 0.229 e. The Balaban J connectivity index is 2.23. The molecule has 0 spiro atoms. The van der Waals surface area contributed by atoms with Crippen molar-refractivity contribution in [2.45, 2.75) is 18.8 Å². The Kier molecular flexibility index (Phi) is 3.66. The molecule has 0 unspecified atom stereocenters. The van der Waals surface area contributed by atoms with Crippen LogP contribution in [0.4, 0.5) is 5.13 Å². The van der Waals surface area contributed by atoms with Crippen molar-refractivity contribution in [1.29, 1.82) is 0 Å². The van der Waals surface area contributed by atoms with E-state index in [1.165, 1.54) is 17.7 Å². The third-order valence-electron chi connectivity index (χ3n) is 2.90. The molecule has 1 N–H and O–H groups in total. The highest BCUT2D eigenvalue weighted by Crippen LogP contribution is 2.39. The number of nitrogens with zero attached hydrogens (tertiary/aromatic N) is 2. The summed E-state index contributed by atoms with van der Waals surface area (Å²) in [6, 6.07) is 0. The standard InChI is InChI=1S/C11H19N3OS/c1-14(2)11-13-10(15-3)9(16-11)8-4-6-12-7-5-8/h8,12H,4-7H2,1-3H3. The first-order valence-corrected chi connectivity index (χ1v) is 6.46. The van der Waals surface area contributed by atoms with Crippen LogP contribution >= 0.6 is 11.3 Å². The molecule has 16 heavy (non-hydrogen) atoms. The van der Waals surface area contributed by atoms with E-state index in [1.807, 2.05) is 19.0 Å². The first kappa shape index (κ1) is 11.7. The Morgan fingerprint density at radius 2 is 2.06 bits per heavy atom. The fourth-order valence-electron chi connectivity index (χ4n) is 1.99. The van der Waals surface area contributed by atoms with Crippen molar-refractivity contribution >= 4 is 16.5 Å². The van der Waals surface area contributed by atoms with E-state index in [0.717, 1.165) is 24.1 Å². The Morgan fingerprint density at radius 3 is 2.62 bits per heavy atom. The van der Waals surface area contributed by atoms with Crippen LogP contribution in [0, 0.1) is 0 Å². The van der Waals surface area contributed by atoms with Crippen molar-refractivity contribution in [3.63, 3.8) is 0 Å². The summed E-state index contributed by atoms with van der Waals surface area (Å²) < 4.78 is 5.38. The van der Waals surface area contributed by atoms with Crippen LogP contribution in [0.5, 0.6) is 5.88 Å². The van der Waals surface area contributed by atoms with E-state index < -0.39 is 0 Å². The number of ether oxygens (including phenoxy) is 1. The number of hydrogen-bond donors (Lipinski definition) is 1. The highest BCUT2D eigenvalue weighted by molar-refractivity contribution is 7.16. The molecule has 5 heteroatoms. The zero-order chi connectivity index (χ0) is 11.5. The summed E-state index contributed by atoms with van der Waals surface area (Å²) in [6.07, 6.45) is 2.37. The first-order valence-electron chi connectivity index (χ1n) is 5.65. The summed E-state index contributed by atoms with van der Waals surface area (Å²) in [5, 5.41) is 4.42. The van der Waals surface area contributed by atoms with E-state index in [9.17, 15) is 0 Å². The van der Waals surface area contributed by atoms with E-state index >= 15 is 0 Å². The minimum atomic E-state index is 0.613. The Morgan fingerprint density at radius 1 is 1.38 bits per heavy atom. The van der Waals surface area contributed by atoms with Crippen LogP contribution in [0.2, 0.25) is 0 Å². The number of thiazole rings is 1. The summed E-state index contributed by atoms with van der Waals surface area (Å²) >= 11 is 1.76. The molecule has 2 rings (SSSR count). The molecule has 0 bridgehead atoms. The lowest BCUT2D eigenvalue weighted by atomic mass is 9.97. The Labute approximate surface area is 101 Å². The van der Waals surface area contributed by atoms with Gasteiger partial charge in [0, 0.05) is 20.0 Å². The molecular weight excluding hydrogens is 222 g/mol. The zero-order valence-corrected chi connectivity index (χ0v) is 10.9. The van der Waals surface area contributed by atoms with E-state index in [-0.39, 0.29) is 0 Å². The molecule has 1 aliphatic heterocycles. The lowest BCUT2D eigenvalue weighted by molar-refractivity contribution is 0.383. The molecule has 1 aromatic heterocycles. The second-order valence-corrected chi connectivity index (χ2v) is 5.30. The fourth-order valence-corrected chi connectivity index (χ4v) is 3.11. The predicted molar refractivity (Wildman–Crippen MR) is 67.8 cm³/mol. The molecule has 0 atom stereocenters. The molecule has 0 saturated carbocycles. The normalized spacial score (nSPS) is 17.4. The van der Waals surface area contributed by atoms with Crippen LogP contribution in [0.1, 0.15) is 23.6 Å². The van der Waals surface area contributed by atoms with Crippen molar-refractivity contribution in [2.75, 3.05) is 39.2 Å². The minimum absolute atomic E-state index is 0.613. The quantitative estimate of drug-likeness (QED) is 0.874. The van der Waals surface area contributed by atoms with Gasteiger partial charge in [0.15, 0.2) is 5.13 Å². The Bertz CT molecular complexity index is 345. The first-order chi connectivity index (χ1) is 7.72. The van der Waals surface area contributed by atoms with Gasteiger partial charge in [-0.2, -0.15) is 4.98 Å². The molecule has 1 aromatic rings. The maximum atomic E-state index is 5.38. The number of nitrogens with one attached hydrogen (secondary N) is 1. The summed E-state index contributed by atoms with van der Waals surface area (Å²) in [4.78, 5) is 7.86. The van der Waals surface area contributed by atoms with Gasteiger partial charge in [-0.15, -0.1) is 0 Å². The number of methoxy groups -OCH3 is 1. The van der Waals surface area contributed by atoms with E-state index in [4.69, 9.17) is 4.74 Å². The van der Waals surface area contributed by atoms with Crippen molar-refractivity contribution < 1.29 is 4.74 Å². The average Bonchev–Trinajstić information content (AvgIpc) is 2.74. The van der Waals surface area contributed by atoms with Crippen LogP contribution in [0.15, 0.2) is 0 Å². The van der Waals surface area contributed by atoms with Crippen LogP contribution < -0.4 is 15.0 Å². The van der Waals surface area contributed by atoms with Gasteiger partial charge in [0.2, 0.25) is 5.88 Å². The second-order valence-electron chi connectivity index (χ2n) is 4.29. The van der Waals surface area contributed by atoms with Crippen LogP contribution in [0.3, 0.4) is 0 Å². The highest BCUT2D eigenvalue weighted by atomic mass is 32.1. The molecule has 0 aliphatic carbocycles. The maximum absolute atomic E-state index is 5.38. The summed E-state index contributed by atoms with van der Waals surface area (Å²) in [5.41, 5.74) is 0. The smallest absolute Gasteiger partial charge is 0.229 e. The van der Waals surface area contributed by atoms with Crippen molar-refractivity contribution in [2.24, 2.45) is 0 Å². The van der Waals surface area contributed by atoms with Gasteiger partial charge >= 0.3 is 0 Å². The largest absolute Gasteiger partial charge is 0.480 e. The van der Waals surface area contributed by atoms with Crippen LogP contribution in [-0.2, 0) is 0 Å². The molecule has 1 saturated heterocycles. The predicted octanol–water partition coefficient (Wildman–Crippen LogP) is 1.68. The van der Waals surface area contributed by atoms with Crippen LogP contribution in [0.25, 0.3) is 0 Å². The lowest BCUT2D eigenvalue weighted by Crippen LogP contribution is -2.26. The summed E-state index contributed by atoms with van der Waals surface area (Å²) in [5.74, 6) is 1.43. The highest BCUT2D eigenvalue weighted by Gasteiger charge is 2.23. The SMILES string of the molecule is COc1nc(N(C)C)sc1C1CCNCC1. The van der Waals surface area contributed by atoms with E-state index in [0.29, 0.717) is 5.92 Å². The number of anilines is 1. The molecule has 0 aromatic carbocycles. The van der Waals surface area contributed by atoms with Gasteiger partial charge in [0.1, 0.15) is 0 Å². The number of rotatable bonds is 3. The van der Waals surface area contributed by atoms with Gasteiger partial charge in [-0.05, 0) is 25.9 Å². The van der Waals surface area contributed by atoms with Crippen LogP contribution in [-0.4, -0.2) is 39.3 Å². The molecule has 4 nitrogen and oxygen atoms in total. The van der Waals surface area contributed by atoms with Gasteiger partial charge in [0.05, 0.1) is 12.0 Å². The molecule has 90 valence electrons. The van der Waals surface area contributed by atoms with Gasteiger partial charge in [-0.25, -0.2) is 0 Å². The topological polar surface area (TPSA) is 37.4 Å². The summed E-state index contributed by atoms with van der Waals surface area (Å²) in [6.45, 7) is 2.20. The number of hydrogen-bond acceptors (Lipinski definition) is 5. The zero-order valence-electron chi connectivity index (χ0n) is 10.1. The van der Waals surface area contributed by atoms with Gasteiger partial charge in [-0.1, -0.05) is 11.3 Å². The molecule has 1 fully saturated rings. The summed E-state index contributed by atoms with van der Waals surface area (Å²) in [7, 11) is 5.74. The monoisotopic (exact) mass is 241 g/mol. The minimum Gasteiger partial charge on any atom is -0.480 e. The van der Waals surface area contributed by atoms with Gasteiger partial charge in [-0.3, -0.25) is 0 Å². The van der Waals surface area contributed by atoms with Crippen molar-refractivity contribution in [3.05, 3.63) is 4.88 Å². The van der Waals surface area contributed by atoms with Crippen molar-refractivity contribution in [3.8, 4) is 5.88 Å². The molecular formula is C11H19N3OS. The fraction of sp³-hybridized carbons (Fsp3) is 0.727. The second kappa shape index (κ2) is 5.01.